The maximum atomic E-state index is 10.1. The summed E-state index contributed by atoms with van der Waals surface area (Å²) in [6, 6.07) is 0. The lowest BCUT2D eigenvalue weighted by Gasteiger charge is -2.07. The summed E-state index contributed by atoms with van der Waals surface area (Å²) in [4.78, 5) is 9.66. The molecule has 0 aromatic rings. The lowest BCUT2D eigenvalue weighted by Crippen LogP contribution is -2.23. The Bertz CT molecular complexity index is 162. The predicted octanol–water partition coefficient (Wildman–Crippen LogP) is 1.81. The van der Waals surface area contributed by atoms with Crippen LogP contribution in [0.2, 0.25) is 0 Å². The van der Waals surface area contributed by atoms with Crippen molar-refractivity contribution in [3.05, 3.63) is 21.6 Å². The molecule has 0 N–H and O–H groups in total. The first kappa shape index (κ1) is 6.89. The molecule has 0 radical (unpaired) electrons. The molecule has 1 atom stereocenters. The summed E-state index contributed by atoms with van der Waals surface area (Å²) in [6.45, 7) is 0. The van der Waals surface area contributed by atoms with Crippen molar-refractivity contribution in [2.45, 2.75) is 10.8 Å². The molecule has 50 valence electrons. The van der Waals surface area contributed by atoms with Gasteiger partial charge >= 0.3 is 4.33 Å². The van der Waals surface area contributed by atoms with E-state index in [1.165, 1.54) is 0 Å². The van der Waals surface area contributed by atoms with E-state index in [0.717, 1.165) is 11.8 Å². The molecule has 1 aliphatic rings. The monoisotopic (exact) mass is 165 g/mol. The number of alkyl halides is 1. The molecule has 0 aromatic carbocycles. The molecule has 0 saturated heterocycles. The third kappa shape index (κ3) is 1.19. The van der Waals surface area contributed by atoms with Crippen molar-refractivity contribution in [1.82, 2.24) is 0 Å². The fourth-order valence-electron chi connectivity index (χ4n) is 0.512. The standard InChI is InChI=1S/C4H4ClNO2S/c5-4(6(7)8)2-1-3-9-4/h1,3H,2H2. The predicted molar refractivity (Wildman–Crippen MR) is 36.9 cm³/mol. The van der Waals surface area contributed by atoms with E-state index in [9.17, 15) is 10.1 Å². The first-order chi connectivity index (χ1) is 4.15. The Kier molecular flexibility index (Phi) is 1.68. The van der Waals surface area contributed by atoms with Crippen molar-refractivity contribution in [3.8, 4) is 0 Å². The quantitative estimate of drug-likeness (QED) is 0.258. The summed E-state index contributed by atoms with van der Waals surface area (Å²) >= 11 is 6.55. The van der Waals surface area contributed by atoms with Crippen LogP contribution in [0.4, 0.5) is 0 Å². The zero-order valence-corrected chi connectivity index (χ0v) is 5.98. The van der Waals surface area contributed by atoms with Gasteiger partial charge in [-0.2, -0.15) is 0 Å². The van der Waals surface area contributed by atoms with Crippen molar-refractivity contribution >= 4 is 23.4 Å². The van der Waals surface area contributed by atoms with E-state index in [2.05, 4.69) is 0 Å². The van der Waals surface area contributed by atoms with Crippen LogP contribution in [0.1, 0.15) is 6.42 Å². The maximum Gasteiger partial charge on any atom is 0.348 e. The number of thioether (sulfide) groups is 1. The molecule has 3 nitrogen and oxygen atoms in total. The third-order valence-electron chi connectivity index (χ3n) is 0.987. The summed E-state index contributed by atoms with van der Waals surface area (Å²) < 4.78 is -1.31. The number of halogens is 1. The van der Waals surface area contributed by atoms with Crippen LogP contribution in [-0.4, -0.2) is 9.25 Å². The van der Waals surface area contributed by atoms with Gasteiger partial charge in [-0.3, -0.25) is 10.1 Å². The number of nitrogens with zero attached hydrogens (tertiary/aromatic N) is 1. The largest absolute Gasteiger partial charge is 0.348 e. The van der Waals surface area contributed by atoms with Crippen LogP contribution in [-0.2, 0) is 0 Å². The normalized spacial score (nSPS) is 33.0. The molecule has 1 rings (SSSR count). The van der Waals surface area contributed by atoms with E-state index in [1.807, 2.05) is 0 Å². The molecule has 0 bridgehead atoms. The second-order valence-electron chi connectivity index (χ2n) is 1.64. The van der Waals surface area contributed by atoms with Crippen molar-refractivity contribution in [3.63, 3.8) is 0 Å². The fourth-order valence-corrected chi connectivity index (χ4v) is 1.43. The van der Waals surface area contributed by atoms with Crippen molar-refractivity contribution < 1.29 is 4.92 Å². The van der Waals surface area contributed by atoms with Gasteiger partial charge < -0.3 is 0 Å². The molecule has 1 aliphatic heterocycles. The van der Waals surface area contributed by atoms with Gasteiger partial charge in [0.25, 0.3) is 0 Å². The zero-order chi connectivity index (χ0) is 6.91. The lowest BCUT2D eigenvalue weighted by molar-refractivity contribution is -0.511. The van der Waals surface area contributed by atoms with Gasteiger partial charge in [0.05, 0.1) is 11.3 Å². The van der Waals surface area contributed by atoms with Gasteiger partial charge in [-0.25, -0.2) is 0 Å². The Morgan fingerprint density at radius 2 is 2.56 bits per heavy atom. The summed E-state index contributed by atoms with van der Waals surface area (Å²) in [5.74, 6) is 0. The average Bonchev–Trinajstić information content (AvgIpc) is 2.16. The Morgan fingerprint density at radius 3 is 2.78 bits per heavy atom. The Hall–Kier alpha value is -0.220. The molecule has 5 heteroatoms. The van der Waals surface area contributed by atoms with Crippen LogP contribution in [0.3, 0.4) is 0 Å². The molecular formula is C4H4ClNO2S. The van der Waals surface area contributed by atoms with Gasteiger partial charge in [-0.05, 0) is 28.8 Å². The van der Waals surface area contributed by atoms with Gasteiger partial charge in [0, 0.05) is 0 Å². The van der Waals surface area contributed by atoms with E-state index in [4.69, 9.17) is 11.6 Å². The third-order valence-corrected chi connectivity index (χ3v) is 2.55. The van der Waals surface area contributed by atoms with Crippen LogP contribution in [0, 0.1) is 10.1 Å². The van der Waals surface area contributed by atoms with Crippen molar-refractivity contribution in [2.75, 3.05) is 0 Å². The van der Waals surface area contributed by atoms with E-state index in [-0.39, 0.29) is 0 Å². The zero-order valence-electron chi connectivity index (χ0n) is 4.41. The van der Waals surface area contributed by atoms with Crippen molar-refractivity contribution in [2.24, 2.45) is 0 Å². The second-order valence-corrected chi connectivity index (χ2v) is 3.67. The Labute approximate surface area is 61.2 Å². The van der Waals surface area contributed by atoms with Crippen LogP contribution in [0.5, 0.6) is 0 Å². The molecular weight excluding hydrogens is 162 g/mol. The highest BCUT2D eigenvalue weighted by Gasteiger charge is 2.42. The molecule has 0 spiro atoms. The van der Waals surface area contributed by atoms with Gasteiger partial charge in [0.1, 0.15) is 0 Å². The summed E-state index contributed by atoms with van der Waals surface area (Å²) in [7, 11) is 0. The number of hydrogen-bond donors (Lipinski definition) is 0. The minimum atomic E-state index is -1.31. The van der Waals surface area contributed by atoms with Crippen molar-refractivity contribution in [1.29, 1.82) is 0 Å². The molecule has 1 heterocycles. The summed E-state index contributed by atoms with van der Waals surface area (Å²) in [6.07, 6.45) is 2.01. The number of nitro groups is 1. The van der Waals surface area contributed by atoms with E-state index >= 15 is 0 Å². The molecule has 0 aromatic heterocycles. The maximum absolute atomic E-state index is 10.1. The highest BCUT2D eigenvalue weighted by atomic mass is 35.5. The van der Waals surface area contributed by atoms with Crippen LogP contribution < -0.4 is 0 Å². The first-order valence-corrected chi connectivity index (χ1v) is 3.57. The number of rotatable bonds is 1. The topological polar surface area (TPSA) is 43.1 Å². The van der Waals surface area contributed by atoms with Crippen LogP contribution in [0.15, 0.2) is 11.5 Å². The SMILES string of the molecule is O=[N+]([O-])C1(Cl)CC=CS1. The molecule has 0 aliphatic carbocycles. The average molecular weight is 166 g/mol. The number of hydrogen-bond acceptors (Lipinski definition) is 3. The minimum Gasteiger partial charge on any atom is -0.262 e. The summed E-state index contributed by atoms with van der Waals surface area (Å²) in [5, 5.41) is 11.8. The van der Waals surface area contributed by atoms with Gasteiger partial charge in [-0.1, -0.05) is 6.08 Å². The highest BCUT2D eigenvalue weighted by molar-refractivity contribution is 8.04. The van der Waals surface area contributed by atoms with E-state index in [0.29, 0.717) is 6.42 Å². The van der Waals surface area contributed by atoms with E-state index < -0.39 is 9.25 Å². The second kappa shape index (κ2) is 2.19. The molecule has 9 heavy (non-hydrogen) atoms. The molecule has 1 unspecified atom stereocenters. The van der Waals surface area contributed by atoms with Crippen LogP contribution in [0.25, 0.3) is 0 Å². The van der Waals surface area contributed by atoms with Gasteiger partial charge in [0.2, 0.25) is 0 Å². The summed E-state index contributed by atoms with van der Waals surface area (Å²) in [5.41, 5.74) is 0. The smallest absolute Gasteiger partial charge is 0.262 e. The van der Waals surface area contributed by atoms with Gasteiger partial charge in [-0.15, -0.1) is 0 Å². The molecule has 0 amide bonds. The first-order valence-electron chi connectivity index (χ1n) is 2.31. The lowest BCUT2D eigenvalue weighted by atomic mass is 10.4. The van der Waals surface area contributed by atoms with Crippen LogP contribution >= 0.6 is 23.4 Å². The minimum absolute atomic E-state index is 0.312. The van der Waals surface area contributed by atoms with E-state index in [1.54, 1.807) is 11.5 Å². The molecule has 0 saturated carbocycles. The Balaban J connectivity index is 2.66. The van der Waals surface area contributed by atoms with Gasteiger partial charge in [0.15, 0.2) is 0 Å². The highest BCUT2D eigenvalue weighted by Crippen LogP contribution is 2.40. The Morgan fingerprint density at radius 1 is 1.89 bits per heavy atom. The molecule has 0 fully saturated rings. The fraction of sp³-hybridized carbons (Fsp3) is 0.500.